The number of rotatable bonds is 5. The number of aryl methyl sites for hydroxylation is 1. The third kappa shape index (κ3) is 4.81. The van der Waals surface area contributed by atoms with Crippen LogP contribution in [0.1, 0.15) is 30.0 Å². The number of halogens is 1. The molecule has 2 rings (SSSR count). The van der Waals surface area contributed by atoms with E-state index in [2.05, 4.69) is 15.8 Å². The zero-order valence-corrected chi connectivity index (χ0v) is 14.5. The topological polar surface area (TPSA) is 110 Å². The summed E-state index contributed by atoms with van der Waals surface area (Å²) in [6.07, 6.45) is 1.37. The van der Waals surface area contributed by atoms with Gasteiger partial charge in [0.05, 0.1) is 12.2 Å². The molecule has 1 aromatic heterocycles. The Balaban J connectivity index is 0.00000288. The number of benzene rings is 1. The summed E-state index contributed by atoms with van der Waals surface area (Å²) in [6.45, 7) is 5.43. The van der Waals surface area contributed by atoms with Gasteiger partial charge in [-0.05, 0) is 37.1 Å². The van der Waals surface area contributed by atoms with E-state index in [1.807, 2.05) is 13.8 Å². The van der Waals surface area contributed by atoms with Crippen LogP contribution in [0.25, 0.3) is 0 Å². The van der Waals surface area contributed by atoms with E-state index in [1.54, 1.807) is 31.2 Å². The van der Waals surface area contributed by atoms with Crippen LogP contribution in [-0.4, -0.2) is 23.0 Å². The van der Waals surface area contributed by atoms with Crippen LogP contribution in [0, 0.1) is 12.8 Å². The van der Waals surface area contributed by atoms with Crippen LogP contribution in [0.2, 0.25) is 0 Å². The SMILES string of the molecule is Cc1oncc1C(=O)Nc1ccc(NC(=O)[C@@H](N)C(C)C)cc1.Cl. The maximum atomic E-state index is 12.0. The minimum atomic E-state index is -0.564. The van der Waals surface area contributed by atoms with E-state index in [1.165, 1.54) is 6.20 Å². The maximum Gasteiger partial charge on any atom is 0.260 e. The lowest BCUT2D eigenvalue weighted by Gasteiger charge is -2.15. The van der Waals surface area contributed by atoms with E-state index < -0.39 is 6.04 Å². The van der Waals surface area contributed by atoms with Gasteiger partial charge in [0.15, 0.2) is 0 Å². The molecule has 7 nitrogen and oxygen atoms in total. The highest BCUT2D eigenvalue weighted by molar-refractivity contribution is 6.04. The minimum Gasteiger partial charge on any atom is -0.361 e. The molecule has 0 saturated heterocycles. The molecule has 0 fully saturated rings. The first-order chi connectivity index (χ1) is 10.9. The molecule has 1 heterocycles. The van der Waals surface area contributed by atoms with Crippen LogP contribution < -0.4 is 16.4 Å². The van der Waals surface area contributed by atoms with Crippen molar-refractivity contribution in [3.8, 4) is 0 Å². The molecule has 0 unspecified atom stereocenters. The van der Waals surface area contributed by atoms with Gasteiger partial charge < -0.3 is 20.9 Å². The molecule has 0 aliphatic heterocycles. The number of carbonyl (C=O) groups excluding carboxylic acids is 2. The van der Waals surface area contributed by atoms with Crippen molar-refractivity contribution in [1.29, 1.82) is 0 Å². The fourth-order valence-corrected chi connectivity index (χ4v) is 1.88. The monoisotopic (exact) mass is 352 g/mol. The molecule has 0 radical (unpaired) electrons. The third-order valence-corrected chi connectivity index (χ3v) is 3.43. The second kappa shape index (κ2) is 8.47. The van der Waals surface area contributed by atoms with Gasteiger partial charge in [-0.1, -0.05) is 19.0 Å². The Hall–Kier alpha value is -2.38. The third-order valence-electron chi connectivity index (χ3n) is 3.43. The van der Waals surface area contributed by atoms with E-state index in [0.29, 0.717) is 22.7 Å². The van der Waals surface area contributed by atoms with Gasteiger partial charge in [0.1, 0.15) is 11.3 Å². The first kappa shape index (κ1) is 19.7. The molecule has 0 spiro atoms. The summed E-state index contributed by atoms with van der Waals surface area (Å²) in [5.41, 5.74) is 7.38. The van der Waals surface area contributed by atoms with E-state index in [9.17, 15) is 9.59 Å². The van der Waals surface area contributed by atoms with Gasteiger partial charge in [0.2, 0.25) is 5.91 Å². The van der Waals surface area contributed by atoms with Crippen LogP contribution in [0.5, 0.6) is 0 Å². The Morgan fingerprint density at radius 2 is 1.67 bits per heavy atom. The van der Waals surface area contributed by atoms with Gasteiger partial charge in [-0.3, -0.25) is 9.59 Å². The Labute approximate surface area is 146 Å². The molecule has 0 aliphatic carbocycles. The summed E-state index contributed by atoms with van der Waals surface area (Å²) in [4.78, 5) is 23.9. The van der Waals surface area contributed by atoms with Crippen molar-refractivity contribution in [1.82, 2.24) is 5.16 Å². The highest BCUT2D eigenvalue weighted by Gasteiger charge is 2.17. The largest absolute Gasteiger partial charge is 0.361 e. The Morgan fingerprint density at radius 1 is 1.12 bits per heavy atom. The summed E-state index contributed by atoms with van der Waals surface area (Å²) >= 11 is 0. The molecule has 2 amide bonds. The predicted molar refractivity (Wildman–Crippen MR) is 94.3 cm³/mol. The summed E-state index contributed by atoms with van der Waals surface area (Å²) in [5.74, 6) is -0.0336. The number of nitrogens with two attached hydrogens (primary N) is 1. The van der Waals surface area contributed by atoms with Gasteiger partial charge in [-0.2, -0.15) is 0 Å². The van der Waals surface area contributed by atoms with Crippen molar-refractivity contribution in [2.75, 3.05) is 10.6 Å². The average molecular weight is 353 g/mol. The zero-order chi connectivity index (χ0) is 17.0. The van der Waals surface area contributed by atoms with Gasteiger partial charge in [-0.25, -0.2) is 0 Å². The number of nitrogens with zero attached hydrogens (tertiary/aromatic N) is 1. The zero-order valence-electron chi connectivity index (χ0n) is 13.7. The molecule has 8 heteroatoms. The quantitative estimate of drug-likeness (QED) is 0.766. The number of anilines is 2. The maximum absolute atomic E-state index is 12.0. The molecule has 4 N–H and O–H groups in total. The molecule has 1 aromatic carbocycles. The number of hydrogen-bond acceptors (Lipinski definition) is 5. The second-order valence-corrected chi connectivity index (χ2v) is 5.59. The Morgan fingerprint density at radius 3 is 2.12 bits per heavy atom. The van der Waals surface area contributed by atoms with Gasteiger partial charge in [0, 0.05) is 11.4 Å². The molecular weight excluding hydrogens is 332 g/mol. The number of nitrogens with one attached hydrogen (secondary N) is 2. The molecule has 0 aliphatic rings. The normalized spacial score (nSPS) is 11.5. The first-order valence-electron chi connectivity index (χ1n) is 7.27. The summed E-state index contributed by atoms with van der Waals surface area (Å²) < 4.78 is 4.86. The Bertz CT molecular complexity index is 698. The summed E-state index contributed by atoms with van der Waals surface area (Å²) in [6, 6.07) is 6.21. The minimum absolute atomic E-state index is 0. The van der Waals surface area contributed by atoms with Crippen LogP contribution in [0.15, 0.2) is 35.0 Å². The Kier molecular flexibility index (Phi) is 6.94. The van der Waals surface area contributed by atoms with Crippen molar-refractivity contribution in [3.63, 3.8) is 0 Å². The van der Waals surface area contributed by atoms with E-state index in [4.69, 9.17) is 10.3 Å². The lowest BCUT2D eigenvalue weighted by Crippen LogP contribution is -2.39. The second-order valence-electron chi connectivity index (χ2n) is 5.59. The average Bonchev–Trinajstić information content (AvgIpc) is 2.94. The van der Waals surface area contributed by atoms with Crippen molar-refractivity contribution in [2.45, 2.75) is 26.8 Å². The summed E-state index contributed by atoms with van der Waals surface area (Å²) in [7, 11) is 0. The molecule has 1 atom stereocenters. The fraction of sp³-hybridized carbons (Fsp3) is 0.312. The fourth-order valence-electron chi connectivity index (χ4n) is 1.88. The molecule has 130 valence electrons. The molecule has 0 bridgehead atoms. The number of aromatic nitrogens is 1. The number of hydrogen-bond donors (Lipinski definition) is 3. The number of amides is 2. The van der Waals surface area contributed by atoms with Crippen molar-refractivity contribution in [2.24, 2.45) is 11.7 Å². The smallest absolute Gasteiger partial charge is 0.260 e. The van der Waals surface area contributed by atoms with Crippen LogP contribution in [0.4, 0.5) is 11.4 Å². The lowest BCUT2D eigenvalue weighted by molar-refractivity contribution is -0.118. The lowest BCUT2D eigenvalue weighted by atomic mass is 10.0. The van der Waals surface area contributed by atoms with Crippen molar-refractivity contribution < 1.29 is 14.1 Å². The van der Waals surface area contributed by atoms with Crippen LogP contribution in [0.3, 0.4) is 0 Å². The van der Waals surface area contributed by atoms with Gasteiger partial charge in [0.25, 0.3) is 5.91 Å². The van der Waals surface area contributed by atoms with Crippen molar-refractivity contribution >= 4 is 35.6 Å². The molecule has 24 heavy (non-hydrogen) atoms. The number of carbonyl (C=O) groups is 2. The molecule has 0 saturated carbocycles. The highest BCUT2D eigenvalue weighted by atomic mass is 35.5. The highest BCUT2D eigenvalue weighted by Crippen LogP contribution is 2.16. The molecule has 2 aromatic rings. The van der Waals surface area contributed by atoms with Gasteiger partial charge >= 0.3 is 0 Å². The van der Waals surface area contributed by atoms with Crippen molar-refractivity contribution in [3.05, 3.63) is 41.8 Å². The van der Waals surface area contributed by atoms with Crippen LogP contribution in [-0.2, 0) is 4.79 Å². The predicted octanol–water partition coefficient (Wildman–Crippen LogP) is 2.58. The summed E-state index contributed by atoms with van der Waals surface area (Å²) in [5, 5.41) is 9.04. The molecular formula is C16H21ClN4O3. The van der Waals surface area contributed by atoms with E-state index in [0.717, 1.165) is 0 Å². The standard InChI is InChI=1S/C16H20N4O3.ClH/c1-9(2)14(17)16(22)20-12-6-4-11(5-7-12)19-15(21)13-8-18-23-10(13)3;/h4-9,14H,17H2,1-3H3,(H,19,21)(H,20,22);1H/t14-;/m0./s1. The van der Waals surface area contributed by atoms with Gasteiger partial charge in [-0.15, -0.1) is 12.4 Å². The van der Waals surface area contributed by atoms with E-state index >= 15 is 0 Å². The van der Waals surface area contributed by atoms with Crippen LogP contribution >= 0.6 is 12.4 Å². The first-order valence-corrected chi connectivity index (χ1v) is 7.27. The van der Waals surface area contributed by atoms with E-state index in [-0.39, 0.29) is 30.1 Å².